The number of esters is 2. The Labute approximate surface area is 342 Å². The first-order chi connectivity index (χ1) is 27.6. The molecule has 12 nitrogen and oxygen atoms in total. The molecule has 0 aromatic rings. The molecular weight excluding hydrogens is 749 g/mol. The van der Waals surface area contributed by atoms with Gasteiger partial charge in [-0.25, -0.2) is 4.57 Å². The maximum atomic E-state index is 12.6. The van der Waals surface area contributed by atoms with Gasteiger partial charge in [-0.2, -0.15) is 0 Å². The highest BCUT2D eigenvalue weighted by Crippen LogP contribution is 2.43. The average Bonchev–Trinajstić information content (AvgIpc) is 3.19. The zero-order valence-corrected chi connectivity index (χ0v) is 35.2. The molecule has 0 aromatic carbocycles. The van der Waals surface area contributed by atoms with Gasteiger partial charge in [0.05, 0.1) is 13.2 Å². The van der Waals surface area contributed by atoms with Gasteiger partial charge < -0.3 is 30.3 Å². The van der Waals surface area contributed by atoms with Crippen molar-refractivity contribution in [1.82, 2.24) is 0 Å². The second kappa shape index (κ2) is 39.4. The highest BCUT2D eigenvalue weighted by atomic mass is 31.2. The predicted molar refractivity (Wildman–Crippen MR) is 227 cm³/mol. The van der Waals surface area contributed by atoms with Crippen molar-refractivity contribution in [3.8, 4) is 0 Å². The molecule has 0 spiro atoms. The number of unbranched alkanes of at least 4 members (excludes halogenated alkanes) is 9. The van der Waals surface area contributed by atoms with Crippen LogP contribution in [0.1, 0.15) is 135 Å². The van der Waals surface area contributed by atoms with Crippen molar-refractivity contribution < 1.29 is 52.6 Å². The van der Waals surface area contributed by atoms with E-state index in [0.29, 0.717) is 19.3 Å². The summed E-state index contributed by atoms with van der Waals surface area (Å²) in [6.45, 7) is 0.595. The van der Waals surface area contributed by atoms with Gasteiger partial charge in [0, 0.05) is 19.4 Å². The van der Waals surface area contributed by atoms with Crippen LogP contribution in [0.25, 0.3) is 0 Å². The molecular formula is C44H72NO11P. The van der Waals surface area contributed by atoms with Crippen LogP contribution in [0, 0.1) is 0 Å². The number of carboxylic acid groups (broad SMARTS) is 1. The van der Waals surface area contributed by atoms with E-state index >= 15 is 0 Å². The summed E-state index contributed by atoms with van der Waals surface area (Å²) in [5.41, 5.74) is 5.32. The minimum atomic E-state index is -4.75. The Morgan fingerprint density at radius 3 is 1.54 bits per heavy atom. The predicted octanol–water partition coefficient (Wildman–Crippen LogP) is 9.69. The van der Waals surface area contributed by atoms with Crippen molar-refractivity contribution in [3.63, 3.8) is 0 Å². The van der Waals surface area contributed by atoms with E-state index in [4.69, 9.17) is 29.9 Å². The lowest BCUT2D eigenvalue weighted by atomic mass is 10.1. The number of phosphoric acid groups is 1. The number of aliphatic hydroxyl groups excluding tert-OH is 1. The molecule has 0 amide bonds. The number of aliphatic hydroxyl groups is 1. The third-order valence-corrected chi connectivity index (χ3v) is 9.13. The Kier molecular flexibility index (Phi) is 37.1. The molecule has 0 heterocycles. The first kappa shape index (κ1) is 53.6. The van der Waals surface area contributed by atoms with Crippen LogP contribution in [0.5, 0.6) is 0 Å². The number of phosphoric ester groups is 1. The summed E-state index contributed by atoms with van der Waals surface area (Å²) in [6.07, 6.45) is 45.3. The summed E-state index contributed by atoms with van der Waals surface area (Å²) in [5.74, 6) is -2.51. The van der Waals surface area contributed by atoms with Crippen LogP contribution in [-0.4, -0.2) is 71.6 Å². The van der Waals surface area contributed by atoms with Crippen molar-refractivity contribution in [2.75, 3.05) is 26.4 Å². The van der Waals surface area contributed by atoms with Crippen LogP contribution in [0.3, 0.4) is 0 Å². The van der Waals surface area contributed by atoms with Crippen molar-refractivity contribution in [2.45, 2.75) is 147 Å². The molecule has 0 rings (SSSR count). The average molecular weight is 822 g/mol. The Morgan fingerprint density at radius 1 is 0.579 bits per heavy atom. The summed E-state index contributed by atoms with van der Waals surface area (Å²) < 4.78 is 32.6. The van der Waals surface area contributed by atoms with E-state index in [1.54, 1.807) is 0 Å². The molecule has 13 heteroatoms. The fourth-order valence-electron chi connectivity index (χ4n) is 4.93. The second-order valence-corrected chi connectivity index (χ2v) is 14.9. The van der Waals surface area contributed by atoms with Crippen molar-refractivity contribution in [1.29, 1.82) is 0 Å². The fraction of sp³-hybridized carbons (Fsp3) is 0.614. The monoisotopic (exact) mass is 821 g/mol. The molecule has 0 bridgehead atoms. The standard InChI is InChI=1S/C44H72NO11P/c1-2-3-4-5-6-7-8-9-13-16-19-22-25-28-31-34-42(47)53-37-40(38-54-57(51,52)55-39-41(45)44(49)50)56-43(48)35-32-29-26-23-20-17-14-11-10-12-15-18-21-24-27-30-33-36-46/h3-4,6-7,9-10,12-14,17-18,21,23,26,40-41,46H,2,5,8,11,15-16,19-20,22,24-25,27-39,45H2,1H3,(H,49,50)(H,51,52)/b4-3-,7-6-,12-10-,13-9-,17-14-,21-18-,26-23-/t40-,41+/m1/s1. The number of hydrogen-bond acceptors (Lipinski definition) is 10. The number of carbonyl (C=O) groups is 3. The maximum Gasteiger partial charge on any atom is 0.472 e. The van der Waals surface area contributed by atoms with E-state index in [0.717, 1.165) is 96.3 Å². The molecule has 0 aliphatic carbocycles. The first-order valence-electron chi connectivity index (χ1n) is 20.7. The van der Waals surface area contributed by atoms with Gasteiger partial charge in [0.1, 0.15) is 12.6 Å². The summed E-state index contributed by atoms with van der Waals surface area (Å²) in [6, 6.07) is -1.54. The van der Waals surface area contributed by atoms with Crippen molar-refractivity contribution in [3.05, 3.63) is 85.1 Å². The van der Waals surface area contributed by atoms with Crippen LogP contribution in [0.4, 0.5) is 0 Å². The molecule has 0 aromatic heterocycles. The Balaban J connectivity index is 4.53. The Bertz CT molecular complexity index is 1290. The highest BCUT2D eigenvalue weighted by Gasteiger charge is 2.28. The van der Waals surface area contributed by atoms with Gasteiger partial charge in [-0.3, -0.25) is 23.4 Å². The number of nitrogens with two attached hydrogens (primary N) is 1. The van der Waals surface area contributed by atoms with Gasteiger partial charge in [0.25, 0.3) is 0 Å². The number of ether oxygens (including phenoxy) is 2. The van der Waals surface area contributed by atoms with E-state index in [-0.39, 0.29) is 26.1 Å². The van der Waals surface area contributed by atoms with Crippen molar-refractivity contribution in [2.24, 2.45) is 5.73 Å². The molecule has 5 N–H and O–H groups in total. The van der Waals surface area contributed by atoms with E-state index in [1.165, 1.54) is 0 Å². The Hall–Kier alpha value is -3.38. The molecule has 0 saturated carbocycles. The van der Waals surface area contributed by atoms with E-state index in [9.17, 15) is 23.8 Å². The van der Waals surface area contributed by atoms with Gasteiger partial charge in [0.15, 0.2) is 6.10 Å². The molecule has 0 aliphatic rings. The summed E-state index contributed by atoms with van der Waals surface area (Å²) in [4.78, 5) is 45.9. The van der Waals surface area contributed by atoms with Gasteiger partial charge in [0.2, 0.25) is 0 Å². The van der Waals surface area contributed by atoms with Crippen molar-refractivity contribution >= 4 is 25.7 Å². The third kappa shape index (κ3) is 39.2. The van der Waals surface area contributed by atoms with Gasteiger partial charge in [-0.05, 0) is 89.9 Å². The van der Waals surface area contributed by atoms with E-state index in [1.807, 2.05) is 12.2 Å². The highest BCUT2D eigenvalue weighted by molar-refractivity contribution is 7.47. The number of allylic oxidation sites excluding steroid dienone is 14. The lowest BCUT2D eigenvalue weighted by Gasteiger charge is -2.20. The SMILES string of the molecule is CC/C=C\C/C=C\C/C=C\CCCCCCCC(=O)OC[C@H](COP(=O)(O)OC[C@H](N)C(=O)O)OC(=O)CCC/C=C\C/C=C\C/C=C\C/C=C\CCCCCO. The Morgan fingerprint density at radius 2 is 1.02 bits per heavy atom. The zero-order valence-electron chi connectivity index (χ0n) is 34.3. The van der Waals surface area contributed by atoms with Crippen LogP contribution in [0.2, 0.25) is 0 Å². The molecule has 324 valence electrons. The minimum absolute atomic E-state index is 0.0665. The summed E-state index contributed by atoms with van der Waals surface area (Å²) >= 11 is 0. The summed E-state index contributed by atoms with van der Waals surface area (Å²) in [7, 11) is -4.75. The summed E-state index contributed by atoms with van der Waals surface area (Å²) in [5, 5.41) is 17.7. The van der Waals surface area contributed by atoms with Gasteiger partial charge >= 0.3 is 25.7 Å². The lowest BCUT2D eigenvalue weighted by molar-refractivity contribution is -0.161. The second-order valence-electron chi connectivity index (χ2n) is 13.5. The molecule has 1 unspecified atom stereocenters. The number of rotatable bonds is 38. The largest absolute Gasteiger partial charge is 0.480 e. The van der Waals surface area contributed by atoms with Gasteiger partial charge in [-0.15, -0.1) is 0 Å². The van der Waals surface area contributed by atoms with Crippen LogP contribution >= 0.6 is 7.82 Å². The minimum Gasteiger partial charge on any atom is -0.480 e. The molecule has 0 aliphatic heterocycles. The molecule has 0 fully saturated rings. The van der Waals surface area contributed by atoms with E-state index < -0.39 is 51.1 Å². The first-order valence-corrected chi connectivity index (χ1v) is 22.2. The molecule has 0 saturated heterocycles. The normalized spacial score (nSPS) is 14.6. The molecule has 57 heavy (non-hydrogen) atoms. The van der Waals surface area contributed by atoms with Crippen LogP contribution in [-0.2, 0) is 37.5 Å². The number of carbonyl (C=O) groups excluding carboxylic acids is 2. The quantitative estimate of drug-likeness (QED) is 0.0200. The number of carboxylic acids is 1. The number of hydrogen-bond donors (Lipinski definition) is 4. The lowest BCUT2D eigenvalue weighted by Crippen LogP contribution is -2.34. The number of aliphatic carboxylic acids is 1. The smallest absolute Gasteiger partial charge is 0.472 e. The van der Waals surface area contributed by atoms with Crippen LogP contribution < -0.4 is 5.73 Å². The fourth-order valence-corrected chi connectivity index (χ4v) is 5.71. The third-order valence-electron chi connectivity index (χ3n) is 8.18. The van der Waals surface area contributed by atoms with E-state index in [2.05, 4.69) is 84.4 Å². The maximum absolute atomic E-state index is 12.6. The van der Waals surface area contributed by atoms with Gasteiger partial charge in [-0.1, -0.05) is 118 Å². The topological polar surface area (TPSA) is 192 Å². The molecule has 0 radical (unpaired) electrons. The molecule has 3 atom stereocenters. The van der Waals surface area contributed by atoms with Crippen LogP contribution in [0.15, 0.2) is 85.1 Å². The zero-order chi connectivity index (χ0) is 42.1.